The van der Waals surface area contributed by atoms with Crippen LogP contribution in [0.2, 0.25) is 0 Å². The lowest BCUT2D eigenvalue weighted by molar-refractivity contribution is -0.192. The first-order valence-corrected chi connectivity index (χ1v) is 11.2. The lowest BCUT2D eigenvalue weighted by Gasteiger charge is -2.42. The van der Waals surface area contributed by atoms with E-state index >= 15 is 0 Å². The number of halogens is 1. The van der Waals surface area contributed by atoms with Gasteiger partial charge in [0.2, 0.25) is 0 Å². The Bertz CT molecular complexity index is 1050. The Balaban J connectivity index is 1.39. The summed E-state index contributed by atoms with van der Waals surface area (Å²) in [6.45, 7) is 1.70. The molecule has 0 aliphatic carbocycles. The molecule has 4 atom stereocenters. The van der Waals surface area contributed by atoms with Crippen LogP contribution >= 0.6 is 0 Å². The predicted molar refractivity (Wildman–Crippen MR) is 117 cm³/mol. The van der Waals surface area contributed by atoms with Crippen LogP contribution < -0.4 is 0 Å². The minimum atomic E-state index is -0.744. The van der Waals surface area contributed by atoms with Gasteiger partial charge in [0.1, 0.15) is 18.0 Å². The van der Waals surface area contributed by atoms with Gasteiger partial charge in [-0.15, -0.1) is 0 Å². The van der Waals surface area contributed by atoms with E-state index in [-0.39, 0.29) is 36.9 Å². The monoisotopic (exact) mass is 452 g/mol. The van der Waals surface area contributed by atoms with Gasteiger partial charge in [0.25, 0.3) is 5.91 Å². The molecule has 2 fully saturated rings. The van der Waals surface area contributed by atoms with Crippen LogP contribution in [0.25, 0.3) is 10.4 Å². The second-order valence-electron chi connectivity index (χ2n) is 8.60. The number of carbonyl (C=O) groups excluding carboxylic acids is 1. The molecule has 0 bridgehead atoms. The van der Waals surface area contributed by atoms with E-state index in [0.717, 1.165) is 17.5 Å². The number of benzene rings is 2. The van der Waals surface area contributed by atoms with E-state index in [1.807, 2.05) is 18.2 Å². The molecule has 3 aliphatic rings. The molecular weight excluding hydrogens is 427 g/mol. The first-order valence-electron chi connectivity index (χ1n) is 11.2. The summed E-state index contributed by atoms with van der Waals surface area (Å²) in [6.07, 6.45) is -0.224. The third kappa shape index (κ3) is 4.45. The topological polar surface area (TPSA) is 96.8 Å². The molecule has 2 aromatic carbocycles. The zero-order valence-electron chi connectivity index (χ0n) is 18.0. The van der Waals surface area contributed by atoms with Gasteiger partial charge < -0.3 is 19.1 Å². The molecule has 0 unspecified atom stereocenters. The summed E-state index contributed by atoms with van der Waals surface area (Å²) in [5.41, 5.74) is 12.1. The van der Waals surface area contributed by atoms with Crippen LogP contribution in [-0.4, -0.2) is 61.5 Å². The third-order valence-corrected chi connectivity index (χ3v) is 6.55. The number of hydrogen-bond donors (Lipinski definition) is 0. The number of ether oxygens (including phenoxy) is 3. The van der Waals surface area contributed by atoms with Gasteiger partial charge >= 0.3 is 0 Å². The van der Waals surface area contributed by atoms with Gasteiger partial charge in [-0.2, -0.15) is 0 Å². The highest BCUT2D eigenvalue weighted by atomic mass is 19.1. The van der Waals surface area contributed by atoms with Gasteiger partial charge in [0.05, 0.1) is 38.0 Å². The summed E-state index contributed by atoms with van der Waals surface area (Å²) >= 11 is 0. The minimum absolute atomic E-state index is 0.0382. The van der Waals surface area contributed by atoms with E-state index in [2.05, 4.69) is 16.1 Å². The molecule has 1 amide bonds. The summed E-state index contributed by atoms with van der Waals surface area (Å²) in [7, 11) is 0. The van der Waals surface area contributed by atoms with Gasteiger partial charge in [-0.25, -0.2) is 4.39 Å². The maximum Gasteiger partial charge on any atom is 0.252 e. The van der Waals surface area contributed by atoms with E-state index in [9.17, 15) is 9.18 Å². The van der Waals surface area contributed by atoms with Crippen LogP contribution in [0, 0.1) is 5.82 Å². The molecule has 3 aliphatic heterocycles. The van der Waals surface area contributed by atoms with Crippen LogP contribution in [-0.2, 0) is 25.4 Å². The average molecular weight is 452 g/mol. The first kappa shape index (κ1) is 21.9. The van der Waals surface area contributed by atoms with E-state index in [1.165, 1.54) is 17.7 Å². The van der Waals surface area contributed by atoms with Gasteiger partial charge in [-0.05, 0) is 47.2 Å². The molecule has 0 N–H and O–H groups in total. The fourth-order valence-electron chi connectivity index (χ4n) is 4.78. The second kappa shape index (κ2) is 9.49. The molecule has 0 spiro atoms. The number of azide groups is 1. The summed E-state index contributed by atoms with van der Waals surface area (Å²) in [4.78, 5) is 18.5. The minimum Gasteiger partial charge on any atom is -0.376 e. The van der Waals surface area contributed by atoms with Crippen molar-refractivity contribution in [2.75, 3.05) is 26.4 Å². The van der Waals surface area contributed by atoms with Crippen molar-refractivity contribution in [2.45, 2.75) is 43.2 Å². The van der Waals surface area contributed by atoms with Crippen LogP contribution in [0.1, 0.15) is 29.2 Å². The Morgan fingerprint density at radius 2 is 1.94 bits per heavy atom. The van der Waals surface area contributed by atoms with Gasteiger partial charge in [-0.1, -0.05) is 41.5 Å². The van der Waals surface area contributed by atoms with Crippen molar-refractivity contribution in [2.24, 2.45) is 5.11 Å². The largest absolute Gasteiger partial charge is 0.376 e. The van der Waals surface area contributed by atoms with Gasteiger partial charge in [0.15, 0.2) is 0 Å². The van der Waals surface area contributed by atoms with Crippen molar-refractivity contribution in [3.05, 3.63) is 81.5 Å². The zero-order valence-corrected chi connectivity index (χ0v) is 18.0. The van der Waals surface area contributed by atoms with Crippen molar-refractivity contribution in [1.82, 2.24) is 4.90 Å². The quantitative estimate of drug-likeness (QED) is 0.394. The maximum atomic E-state index is 13.7. The van der Waals surface area contributed by atoms with E-state index in [1.54, 1.807) is 17.0 Å². The van der Waals surface area contributed by atoms with Crippen molar-refractivity contribution in [1.29, 1.82) is 0 Å². The summed E-state index contributed by atoms with van der Waals surface area (Å²) in [6, 6.07) is 13.4. The molecular formula is C24H25FN4O4. The molecule has 2 saturated heterocycles. The standard InChI is InChI=1S/C24H25FN4O4/c25-17-7-5-16(6-8-17)23-19-4-2-1-3-15(19)9-10-29(23)24(30)21-11-20(27-28-26)22(14-32-21)33-18-12-31-13-18/h1-8,18,20-23H,9-14H2/t20-,21+,22-,23-/m0/s1. The highest BCUT2D eigenvalue weighted by Crippen LogP contribution is 2.37. The second-order valence-corrected chi connectivity index (χ2v) is 8.60. The molecule has 2 aromatic rings. The first-order chi connectivity index (χ1) is 16.1. The Morgan fingerprint density at radius 1 is 1.15 bits per heavy atom. The SMILES string of the molecule is [N-]=[N+]=N[C@H]1C[C@H](C(=O)N2CCc3ccccc3[C@@H]2c2ccc(F)cc2)OC[C@@H]1OC1COC1. The fraction of sp³-hybridized carbons (Fsp3) is 0.458. The van der Waals surface area contributed by atoms with Gasteiger partial charge in [0, 0.05) is 11.5 Å². The van der Waals surface area contributed by atoms with Crippen molar-refractivity contribution < 1.29 is 23.4 Å². The summed E-state index contributed by atoms with van der Waals surface area (Å²) in [5, 5.41) is 3.90. The third-order valence-electron chi connectivity index (χ3n) is 6.55. The number of carbonyl (C=O) groups is 1. The van der Waals surface area contributed by atoms with E-state index < -0.39 is 18.2 Å². The molecule has 0 saturated carbocycles. The Morgan fingerprint density at radius 3 is 2.67 bits per heavy atom. The van der Waals surface area contributed by atoms with Crippen LogP contribution in [0.5, 0.6) is 0 Å². The number of rotatable bonds is 5. The lowest BCUT2D eigenvalue weighted by atomic mass is 9.87. The smallest absolute Gasteiger partial charge is 0.252 e. The van der Waals surface area contributed by atoms with Crippen LogP contribution in [0.3, 0.4) is 0 Å². The number of nitrogens with zero attached hydrogens (tertiary/aromatic N) is 4. The normalized spacial score (nSPS) is 27.2. The van der Waals surface area contributed by atoms with Gasteiger partial charge in [-0.3, -0.25) is 4.79 Å². The highest BCUT2D eigenvalue weighted by molar-refractivity contribution is 5.82. The zero-order chi connectivity index (χ0) is 22.8. The molecule has 8 nitrogen and oxygen atoms in total. The molecule has 172 valence electrons. The molecule has 9 heteroatoms. The number of hydrogen-bond acceptors (Lipinski definition) is 5. The molecule has 3 heterocycles. The van der Waals surface area contributed by atoms with Crippen LogP contribution in [0.15, 0.2) is 53.6 Å². The molecule has 33 heavy (non-hydrogen) atoms. The van der Waals surface area contributed by atoms with E-state index in [4.69, 9.17) is 19.7 Å². The Labute approximate surface area is 190 Å². The number of amides is 1. The molecule has 0 radical (unpaired) electrons. The summed E-state index contributed by atoms with van der Waals surface area (Å²) in [5.74, 6) is -0.487. The van der Waals surface area contributed by atoms with Crippen LogP contribution in [0.4, 0.5) is 4.39 Å². The fourth-order valence-corrected chi connectivity index (χ4v) is 4.78. The summed E-state index contributed by atoms with van der Waals surface area (Å²) < 4.78 is 30.6. The Kier molecular flexibility index (Phi) is 6.28. The number of fused-ring (bicyclic) bond motifs is 1. The highest BCUT2D eigenvalue weighted by Gasteiger charge is 2.41. The van der Waals surface area contributed by atoms with Crippen molar-refractivity contribution >= 4 is 5.91 Å². The molecule has 0 aromatic heterocycles. The molecule has 5 rings (SSSR count). The predicted octanol–water partition coefficient (Wildman–Crippen LogP) is 3.55. The maximum absolute atomic E-state index is 13.7. The van der Waals surface area contributed by atoms with E-state index in [0.29, 0.717) is 19.8 Å². The lowest BCUT2D eigenvalue weighted by Crippen LogP contribution is -2.53. The van der Waals surface area contributed by atoms with Crippen molar-refractivity contribution in [3.63, 3.8) is 0 Å². The van der Waals surface area contributed by atoms with Crippen molar-refractivity contribution in [3.8, 4) is 0 Å². The Hall–Kier alpha value is -2.97. The average Bonchev–Trinajstić information content (AvgIpc) is 2.81.